The van der Waals surface area contributed by atoms with Crippen molar-refractivity contribution < 1.29 is 18.3 Å². The van der Waals surface area contributed by atoms with Crippen molar-refractivity contribution in [1.82, 2.24) is 4.98 Å². The fourth-order valence-electron chi connectivity index (χ4n) is 1.45. The maximum Gasteiger partial charge on any atom is 0.414 e. The molecule has 1 heterocycles. The van der Waals surface area contributed by atoms with E-state index >= 15 is 0 Å². The molecule has 0 unspecified atom stereocenters. The number of aliphatic hydroxyl groups excluding tert-OH is 1. The van der Waals surface area contributed by atoms with E-state index in [4.69, 9.17) is 5.11 Å². The van der Waals surface area contributed by atoms with Crippen LogP contribution in [0.4, 0.5) is 13.2 Å². The summed E-state index contributed by atoms with van der Waals surface area (Å²) in [6.07, 6.45) is -7.02. The molecule has 0 aliphatic heterocycles. The van der Waals surface area contributed by atoms with E-state index in [1.807, 2.05) is 24.3 Å². The number of nitrogens with zero attached hydrogens (tertiary/aromatic N) is 1. The smallest absolute Gasteiger partial charge is 0.384 e. The zero-order valence-corrected chi connectivity index (χ0v) is 9.55. The van der Waals surface area contributed by atoms with Gasteiger partial charge in [-0.25, -0.2) is 4.98 Å². The topological polar surface area (TPSA) is 33.1 Å². The molecule has 1 atom stereocenters. The quantitative estimate of drug-likeness (QED) is 0.920. The van der Waals surface area contributed by atoms with E-state index in [1.54, 1.807) is 0 Å². The SMILES string of the molecule is O[C@H](CCc1nc2ccccc2s1)C(F)(F)F. The van der Waals surface area contributed by atoms with Crippen molar-refractivity contribution in [2.75, 3.05) is 0 Å². The average molecular weight is 261 g/mol. The minimum absolute atomic E-state index is 0.139. The van der Waals surface area contributed by atoms with Gasteiger partial charge in [0.05, 0.1) is 15.2 Å². The van der Waals surface area contributed by atoms with Crippen LogP contribution in [0.3, 0.4) is 0 Å². The molecule has 17 heavy (non-hydrogen) atoms. The first-order chi connectivity index (χ1) is 7.97. The standard InChI is InChI=1S/C11H10F3NOS/c12-11(13,14)9(16)5-6-10-15-7-3-1-2-4-8(7)17-10/h1-4,9,16H,5-6H2/t9-/m1/s1. The highest BCUT2D eigenvalue weighted by Gasteiger charge is 2.37. The minimum Gasteiger partial charge on any atom is -0.384 e. The van der Waals surface area contributed by atoms with Gasteiger partial charge in [0.2, 0.25) is 0 Å². The Kier molecular flexibility index (Phi) is 3.35. The van der Waals surface area contributed by atoms with Crippen molar-refractivity contribution in [3.05, 3.63) is 29.3 Å². The summed E-state index contributed by atoms with van der Waals surface area (Å²) in [7, 11) is 0. The van der Waals surface area contributed by atoms with Gasteiger partial charge in [-0.1, -0.05) is 12.1 Å². The van der Waals surface area contributed by atoms with Crippen LogP contribution in [-0.2, 0) is 6.42 Å². The molecule has 0 fully saturated rings. The van der Waals surface area contributed by atoms with Gasteiger partial charge in [0.15, 0.2) is 0 Å². The first kappa shape index (κ1) is 12.3. The highest BCUT2D eigenvalue weighted by atomic mass is 32.1. The molecular formula is C11H10F3NOS. The molecule has 6 heteroatoms. The number of rotatable bonds is 3. The molecule has 0 saturated heterocycles. The second-order valence-corrected chi connectivity index (χ2v) is 4.79. The predicted molar refractivity (Wildman–Crippen MR) is 60.0 cm³/mol. The monoisotopic (exact) mass is 261 g/mol. The molecule has 0 aliphatic carbocycles. The maximum atomic E-state index is 12.1. The summed E-state index contributed by atoms with van der Waals surface area (Å²) in [6, 6.07) is 7.37. The van der Waals surface area contributed by atoms with E-state index < -0.39 is 12.3 Å². The van der Waals surface area contributed by atoms with Crippen LogP contribution in [0.1, 0.15) is 11.4 Å². The number of aliphatic hydroxyl groups is 1. The molecular weight excluding hydrogens is 251 g/mol. The predicted octanol–water partition coefficient (Wildman–Crippen LogP) is 3.15. The lowest BCUT2D eigenvalue weighted by molar-refractivity contribution is -0.205. The second-order valence-electron chi connectivity index (χ2n) is 3.67. The number of halogens is 3. The van der Waals surface area contributed by atoms with Gasteiger partial charge in [-0.15, -0.1) is 11.3 Å². The highest BCUT2D eigenvalue weighted by molar-refractivity contribution is 7.18. The summed E-state index contributed by atoms with van der Waals surface area (Å²) in [4.78, 5) is 4.21. The number of aromatic nitrogens is 1. The summed E-state index contributed by atoms with van der Waals surface area (Å²) in [5, 5.41) is 9.49. The summed E-state index contributed by atoms with van der Waals surface area (Å²) in [5.74, 6) is 0. The zero-order valence-electron chi connectivity index (χ0n) is 8.74. The number of hydrogen-bond donors (Lipinski definition) is 1. The van der Waals surface area contributed by atoms with Crippen LogP contribution in [0.5, 0.6) is 0 Å². The van der Waals surface area contributed by atoms with E-state index in [2.05, 4.69) is 4.98 Å². The molecule has 0 aliphatic rings. The van der Waals surface area contributed by atoms with Gasteiger partial charge >= 0.3 is 6.18 Å². The normalized spacial score (nSPS) is 14.1. The summed E-state index contributed by atoms with van der Waals surface area (Å²) in [6.45, 7) is 0. The highest BCUT2D eigenvalue weighted by Crippen LogP contribution is 2.26. The molecule has 2 nitrogen and oxygen atoms in total. The number of fused-ring (bicyclic) bond motifs is 1. The van der Waals surface area contributed by atoms with Gasteiger partial charge in [0.25, 0.3) is 0 Å². The van der Waals surface area contributed by atoms with Crippen LogP contribution in [0.15, 0.2) is 24.3 Å². The van der Waals surface area contributed by atoms with Crippen LogP contribution in [0.25, 0.3) is 10.2 Å². The van der Waals surface area contributed by atoms with E-state index in [0.29, 0.717) is 5.01 Å². The number of thiazole rings is 1. The fourth-order valence-corrected chi connectivity index (χ4v) is 2.43. The Labute approximate surface area is 99.7 Å². The van der Waals surface area contributed by atoms with Gasteiger partial charge in [0, 0.05) is 6.42 Å². The van der Waals surface area contributed by atoms with Crippen LogP contribution in [0, 0.1) is 0 Å². The maximum absolute atomic E-state index is 12.1. The van der Waals surface area contributed by atoms with E-state index in [-0.39, 0.29) is 12.8 Å². The molecule has 1 N–H and O–H groups in total. The molecule has 2 aromatic rings. The third-order valence-electron chi connectivity index (χ3n) is 2.35. The van der Waals surface area contributed by atoms with Crippen molar-refractivity contribution in [2.45, 2.75) is 25.1 Å². The molecule has 0 radical (unpaired) electrons. The number of benzene rings is 1. The van der Waals surface area contributed by atoms with Crippen molar-refractivity contribution in [1.29, 1.82) is 0 Å². The second kappa shape index (κ2) is 4.62. The minimum atomic E-state index is -4.54. The first-order valence-electron chi connectivity index (χ1n) is 5.06. The number of alkyl halides is 3. The van der Waals surface area contributed by atoms with Gasteiger partial charge in [-0.05, 0) is 18.6 Å². The van der Waals surface area contributed by atoms with E-state index in [0.717, 1.165) is 10.2 Å². The van der Waals surface area contributed by atoms with Crippen molar-refractivity contribution in [3.8, 4) is 0 Å². The summed E-state index contributed by atoms with van der Waals surface area (Å²) < 4.78 is 37.2. The third-order valence-corrected chi connectivity index (χ3v) is 3.44. The van der Waals surface area contributed by atoms with E-state index in [1.165, 1.54) is 11.3 Å². The molecule has 0 amide bonds. The molecule has 0 bridgehead atoms. The Morgan fingerprint density at radius 3 is 2.65 bits per heavy atom. The Morgan fingerprint density at radius 1 is 1.29 bits per heavy atom. The lowest BCUT2D eigenvalue weighted by Crippen LogP contribution is -2.28. The van der Waals surface area contributed by atoms with Gasteiger partial charge in [-0.2, -0.15) is 13.2 Å². The van der Waals surface area contributed by atoms with E-state index in [9.17, 15) is 13.2 Å². The van der Waals surface area contributed by atoms with Crippen molar-refractivity contribution in [3.63, 3.8) is 0 Å². The molecule has 0 saturated carbocycles. The van der Waals surface area contributed by atoms with Gasteiger partial charge in [-0.3, -0.25) is 0 Å². The average Bonchev–Trinajstić information content (AvgIpc) is 2.66. The molecule has 1 aromatic carbocycles. The van der Waals surface area contributed by atoms with Crippen LogP contribution in [-0.4, -0.2) is 22.4 Å². The summed E-state index contributed by atoms with van der Waals surface area (Å²) >= 11 is 1.36. The van der Waals surface area contributed by atoms with Crippen molar-refractivity contribution in [2.24, 2.45) is 0 Å². The molecule has 2 rings (SSSR count). The summed E-state index contributed by atoms with van der Waals surface area (Å²) in [5.41, 5.74) is 0.786. The molecule has 92 valence electrons. The van der Waals surface area contributed by atoms with Crippen LogP contribution < -0.4 is 0 Å². The van der Waals surface area contributed by atoms with Gasteiger partial charge < -0.3 is 5.11 Å². The lowest BCUT2D eigenvalue weighted by atomic mass is 10.2. The third kappa shape index (κ3) is 2.95. The van der Waals surface area contributed by atoms with Crippen LogP contribution in [0.2, 0.25) is 0 Å². The number of hydrogen-bond acceptors (Lipinski definition) is 3. The van der Waals surface area contributed by atoms with Gasteiger partial charge in [0.1, 0.15) is 6.10 Å². The number of aryl methyl sites for hydroxylation is 1. The van der Waals surface area contributed by atoms with Crippen molar-refractivity contribution >= 4 is 21.6 Å². The molecule has 0 spiro atoms. The first-order valence-corrected chi connectivity index (χ1v) is 5.87. The fraction of sp³-hybridized carbons (Fsp3) is 0.364. The molecule has 1 aromatic heterocycles. The zero-order chi connectivity index (χ0) is 12.5. The van der Waals surface area contributed by atoms with Crippen LogP contribution >= 0.6 is 11.3 Å². The Hall–Kier alpha value is -1.14. The lowest BCUT2D eigenvalue weighted by Gasteiger charge is -2.12. The Bertz CT molecular complexity index is 476. The largest absolute Gasteiger partial charge is 0.414 e. The Balaban J connectivity index is 2.04. The Morgan fingerprint density at radius 2 is 2.00 bits per heavy atom. The number of para-hydroxylation sites is 1.